The molecule has 0 aliphatic carbocycles. The molecule has 43 heavy (non-hydrogen) atoms. The molecule has 0 saturated heterocycles. The van der Waals surface area contributed by atoms with Gasteiger partial charge in [0.25, 0.3) is 0 Å². The molecular weight excluding hydrogens is 528 g/mol. The van der Waals surface area contributed by atoms with E-state index < -0.39 is 0 Å². The molecule has 4 heterocycles. The van der Waals surface area contributed by atoms with E-state index in [1.165, 1.54) is 27.1 Å². The molecule has 0 fully saturated rings. The molecule has 0 radical (unpaired) electrons. The van der Waals surface area contributed by atoms with Crippen molar-refractivity contribution in [1.29, 1.82) is 0 Å². The van der Waals surface area contributed by atoms with Crippen LogP contribution in [0.1, 0.15) is 0 Å². The fourth-order valence-electron chi connectivity index (χ4n) is 6.89. The number of ether oxygens (including phenoxy) is 1. The summed E-state index contributed by atoms with van der Waals surface area (Å²) in [6, 6.07) is 46.6. The Morgan fingerprint density at radius 1 is 0.465 bits per heavy atom. The largest absolute Gasteiger partial charge is 0.456 e. The third-order valence-electron chi connectivity index (χ3n) is 8.72. The van der Waals surface area contributed by atoms with Gasteiger partial charge in [0, 0.05) is 32.8 Å². The highest BCUT2D eigenvalue weighted by Crippen LogP contribution is 2.46. The fourth-order valence-corrected chi connectivity index (χ4v) is 6.89. The molecule has 0 saturated carbocycles. The van der Waals surface area contributed by atoms with Gasteiger partial charge in [0.2, 0.25) is 5.95 Å². The summed E-state index contributed by atoms with van der Waals surface area (Å²) in [7, 11) is 0. The first kappa shape index (κ1) is 22.7. The van der Waals surface area contributed by atoms with Gasteiger partial charge in [-0.15, -0.1) is 0 Å². The molecule has 0 amide bonds. The maximum atomic E-state index is 6.26. The first-order valence-corrected chi connectivity index (χ1v) is 14.4. The Balaban J connectivity index is 1.36. The first-order chi connectivity index (χ1) is 21.3. The summed E-state index contributed by atoms with van der Waals surface area (Å²) in [5, 5.41) is 5.74. The van der Waals surface area contributed by atoms with Crippen molar-refractivity contribution in [3.63, 3.8) is 0 Å². The van der Waals surface area contributed by atoms with Crippen LogP contribution >= 0.6 is 0 Å². The standard InChI is InChI=1S/C38H22N4O/c1-2-11-23(12-3-1)41-30-17-7-4-13-24(30)27-21-28-25-14-5-8-18-31(25)42(33(28)22-32(27)41)38-39-29-16-10-20-35-36(29)37(40-38)26-15-6-9-19-34(26)43-35/h1-22H. The Morgan fingerprint density at radius 2 is 1.12 bits per heavy atom. The van der Waals surface area contributed by atoms with E-state index in [2.05, 4.69) is 106 Å². The van der Waals surface area contributed by atoms with Gasteiger partial charge < -0.3 is 9.30 Å². The SMILES string of the molecule is c1ccc(-n2c3ccccc3c3cc4c5ccccc5n(-c5nc6c7c(cccc7n5)Oc5ccccc5-6)c4cc32)cc1. The van der Waals surface area contributed by atoms with Gasteiger partial charge in [-0.2, -0.15) is 0 Å². The molecule has 0 bridgehead atoms. The van der Waals surface area contributed by atoms with E-state index in [0.29, 0.717) is 5.95 Å². The van der Waals surface area contributed by atoms with Crippen LogP contribution in [0.4, 0.5) is 0 Å². The quantitative estimate of drug-likeness (QED) is 0.215. The van der Waals surface area contributed by atoms with Crippen molar-refractivity contribution in [2.75, 3.05) is 0 Å². The molecule has 0 unspecified atom stereocenters. The topological polar surface area (TPSA) is 44.9 Å². The van der Waals surface area contributed by atoms with Crippen LogP contribution in [0, 0.1) is 0 Å². The van der Waals surface area contributed by atoms with Gasteiger partial charge in [-0.3, -0.25) is 4.57 Å². The minimum atomic E-state index is 0.643. The van der Waals surface area contributed by atoms with Crippen molar-refractivity contribution >= 4 is 54.5 Å². The summed E-state index contributed by atoms with van der Waals surface area (Å²) in [5.41, 5.74) is 8.32. The lowest BCUT2D eigenvalue weighted by Crippen LogP contribution is -2.06. The van der Waals surface area contributed by atoms with Crippen molar-refractivity contribution in [1.82, 2.24) is 19.1 Å². The molecule has 6 aromatic carbocycles. The third-order valence-corrected chi connectivity index (χ3v) is 8.72. The van der Waals surface area contributed by atoms with Gasteiger partial charge >= 0.3 is 0 Å². The van der Waals surface area contributed by atoms with Gasteiger partial charge in [0.1, 0.15) is 11.5 Å². The first-order valence-electron chi connectivity index (χ1n) is 14.4. The summed E-state index contributed by atoms with van der Waals surface area (Å²) in [4.78, 5) is 10.4. The van der Waals surface area contributed by atoms with Crippen LogP contribution in [0.5, 0.6) is 11.5 Å². The lowest BCUT2D eigenvalue weighted by atomic mass is 10.0. The van der Waals surface area contributed by atoms with E-state index in [1.54, 1.807) is 0 Å². The second kappa shape index (κ2) is 8.30. The third kappa shape index (κ3) is 3.05. The second-order valence-corrected chi connectivity index (χ2v) is 11.0. The van der Waals surface area contributed by atoms with Crippen LogP contribution in [0.3, 0.4) is 0 Å². The second-order valence-electron chi connectivity index (χ2n) is 11.0. The minimum absolute atomic E-state index is 0.643. The van der Waals surface area contributed by atoms with E-state index in [0.717, 1.165) is 55.9 Å². The zero-order chi connectivity index (χ0) is 28.1. The molecule has 1 aliphatic heterocycles. The number of rotatable bonds is 2. The van der Waals surface area contributed by atoms with Gasteiger partial charge in [-0.25, -0.2) is 9.97 Å². The number of para-hydroxylation sites is 4. The number of hydrogen-bond donors (Lipinski definition) is 0. The van der Waals surface area contributed by atoms with Crippen molar-refractivity contribution in [3.05, 3.63) is 133 Å². The molecule has 3 aromatic heterocycles. The van der Waals surface area contributed by atoms with Crippen molar-refractivity contribution in [2.24, 2.45) is 0 Å². The zero-order valence-electron chi connectivity index (χ0n) is 22.9. The van der Waals surface area contributed by atoms with Gasteiger partial charge in [-0.05, 0) is 60.7 Å². The highest BCUT2D eigenvalue weighted by Gasteiger charge is 2.25. The molecule has 5 nitrogen and oxygen atoms in total. The van der Waals surface area contributed by atoms with E-state index in [4.69, 9.17) is 14.7 Å². The number of benzene rings is 6. The van der Waals surface area contributed by atoms with Crippen LogP contribution in [0.2, 0.25) is 0 Å². The van der Waals surface area contributed by atoms with E-state index in [9.17, 15) is 0 Å². The lowest BCUT2D eigenvalue weighted by molar-refractivity contribution is 0.486. The van der Waals surface area contributed by atoms with Crippen LogP contribution in [-0.4, -0.2) is 19.1 Å². The molecule has 0 atom stereocenters. The maximum absolute atomic E-state index is 6.26. The number of fused-ring (bicyclic) bond motifs is 8. The van der Waals surface area contributed by atoms with Crippen molar-refractivity contribution in [2.45, 2.75) is 0 Å². The highest BCUT2D eigenvalue weighted by atomic mass is 16.5. The summed E-state index contributed by atoms with van der Waals surface area (Å²) in [6.07, 6.45) is 0. The van der Waals surface area contributed by atoms with Gasteiger partial charge in [0.05, 0.1) is 38.7 Å². The molecule has 0 N–H and O–H groups in total. The molecule has 1 aliphatic rings. The average Bonchev–Trinajstić information content (AvgIpc) is 3.56. The van der Waals surface area contributed by atoms with Gasteiger partial charge in [-0.1, -0.05) is 72.8 Å². The smallest absolute Gasteiger partial charge is 0.235 e. The predicted molar refractivity (Wildman–Crippen MR) is 174 cm³/mol. The molecule has 5 heteroatoms. The summed E-state index contributed by atoms with van der Waals surface area (Å²) in [5.74, 6) is 2.24. The Morgan fingerprint density at radius 3 is 1.93 bits per heavy atom. The van der Waals surface area contributed by atoms with Crippen LogP contribution in [0.15, 0.2) is 133 Å². The fraction of sp³-hybridized carbons (Fsp3) is 0. The minimum Gasteiger partial charge on any atom is -0.456 e. The Bertz CT molecular complexity index is 2590. The number of hydrogen-bond acceptors (Lipinski definition) is 3. The molecule has 9 aromatic rings. The van der Waals surface area contributed by atoms with E-state index in [1.807, 2.05) is 36.4 Å². The van der Waals surface area contributed by atoms with Crippen molar-refractivity contribution in [3.8, 4) is 34.4 Å². The zero-order valence-corrected chi connectivity index (χ0v) is 22.9. The Labute approximate surface area is 245 Å². The van der Waals surface area contributed by atoms with E-state index in [-0.39, 0.29) is 0 Å². The Hall–Kier alpha value is -5.94. The monoisotopic (exact) mass is 550 g/mol. The predicted octanol–water partition coefficient (Wildman–Crippen LogP) is 9.60. The molecular formula is C38H22N4O. The number of aromatic nitrogens is 4. The van der Waals surface area contributed by atoms with Gasteiger partial charge in [0.15, 0.2) is 0 Å². The highest BCUT2D eigenvalue weighted by molar-refractivity contribution is 6.19. The molecule has 0 spiro atoms. The summed E-state index contributed by atoms with van der Waals surface area (Å²) < 4.78 is 10.8. The summed E-state index contributed by atoms with van der Waals surface area (Å²) in [6.45, 7) is 0. The average molecular weight is 551 g/mol. The molecule has 200 valence electrons. The lowest BCUT2D eigenvalue weighted by Gasteiger charge is -2.21. The Kier molecular flexibility index (Phi) is 4.39. The normalized spacial score (nSPS) is 12.4. The number of nitrogens with zero attached hydrogens (tertiary/aromatic N) is 4. The maximum Gasteiger partial charge on any atom is 0.235 e. The van der Waals surface area contributed by atoms with E-state index >= 15 is 0 Å². The van der Waals surface area contributed by atoms with Crippen molar-refractivity contribution < 1.29 is 4.74 Å². The summed E-state index contributed by atoms with van der Waals surface area (Å²) >= 11 is 0. The molecule has 10 rings (SSSR count). The van der Waals surface area contributed by atoms with Crippen LogP contribution < -0.4 is 4.74 Å². The van der Waals surface area contributed by atoms with Crippen LogP contribution in [0.25, 0.3) is 77.4 Å². The van der Waals surface area contributed by atoms with Crippen LogP contribution in [-0.2, 0) is 0 Å².